The molecule has 4 heteroatoms. The van der Waals surface area contributed by atoms with Crippen LogP contribution >= 0.6 is 0 Å². The third-order valence-corrected chi connectivity index (χ3v) is 2.45. The van der Waals surface area contributed by atoms with Gasteiger partial charge in [0.1, 0.15) is 11.6 Å². The van der Waals surface area contributed by atoms with Gasteiger partial charge in [0.2, 0.25) is 0 Å². The molecule has 19 heavy (non-hydrogen) atoms. The largest absolute Gasteiger partial charge is 0.493 e. The minimum atomic E-state index is -0.323. The predicted octanol–water partition coefficient (Wildman–Crippen LogP) is 3.67. The minimum absolute atomic E-state index is 0.323. The van der Waals surface area contributed by atoms with Gasteiger partial charge in [-0.05, 0) is 31.2 Å². The van der Waals surface area contributed by atoms with Gasteiger partial charge in [-0.2, -0.15) is 5.10 Å². The van der Waals surface area contributed by atoms with E-state index in [2.05, 4.69) is 10.5 Å². The van der Waals surface area contributed by atoms with Crippen LogP contribution in [0.2, 0.25) is 0 Å². The molecule has 0 aliphatic heterocycles. The molecule has 0 fully saturated rings. The Balaban J connectivity index is 2.10. The zero-order valence-electron chi connectivity index (χ0n) is 10.6. The first-order valence-corrected chi connectivity index (χ1v) is 6.06. The second-order valence-corrected chi connectivity index (χ2v) is 3.85. The van der Waals surface area contributed by atoms with Crippen molar-refractivity contribution in [1.29, 1.82) is 0 Å². The lowest BCUT2D eigenvalue weighted by Gasteiger charge is -2.06. The maximum atomic E-state index is 13.1. The number of hydrogen-bond donors (Lipinski definition) is 1. The van der Waals surface area contributed by atoms with E-state index in [1.54, 1.807) is 12.3 Å². The van der Waals surface area contributed by atoms with Crippen LogP contribution < -0.4 is 10.2 Å². The van der Waals surface area contributed by atoms with Gasteiger partial charge in [0.05, 0.1) is 18.5 Å². The molecule has 2 aromatic carbocycles. The van der Waals surface area contributed by atoms with Gasteiger partial charge < -0.3 is 4.74 Å². The Kier molecular flexibility index (Phi) is 4.50. The van der Waals surface area contributed by atoms with E-state index in [0.29, 0.717) is 12.4 Å². The molecule has 1 N–H and O–H groups in total. The minimum Gasteiger partial charge on any atom is -0.493 e. The van der Waals surface area contributed by atoms with Crippen LogP contribution in [-0.4, -0.2) is 12.8 Å². The van der Waals surface area contributed by atoms with Crippen molar-refractivity contribution in [1.82, 2.24) is 0 Å². The second-order valence-electron chi connectivity index (χ2n) is 3.85. The van der Waals surface area contributed by atoms with Crippen molar-refractivity contribution < 1.29 is 9.13 Å². The van der Waals surface area contributed by atoms with E-state index in [0.717, 1.165) is 11.3 Å². The summed E-state index contributed by atoms with van der Waals surface area (Å²) in [7, 11) is 0. The van der Waals surface area contributed by atoms with Crippen LogP contribution in [-0.2, 0) is 0 Å². The maximum absolute atomic E-state index is 13.1. The summed E-state index contributed by atoms with van der Waals surface area (Å²) in [5.74, 6) is 0.165. The number of hydrazone groups is 1. The van der Waals surface area contributed by atoms with E-state index in [-0.39, 0.29) is 5.82 Å². The number of nitrogens with one attached hydrogen (secondary N) is 1. The molecule has 0 unspecified atom stereocenters. The van der Waals surface area contributed by atoms with Crippen LogP contribution in [0.4, 0.5) is 10.1 Å². The Hall–Kier alpha value is -2.36. The fourth-order valence-corrected chi connectivity index (χ4v) is 1.58. The smallest absolute Gasteiger partial charge is 0.131 e. The highest BCUT2D eigenvalue weighted by atomic mass is 19.1. The number of nitrogens with zero attached hydrogens (tertiary/aromatic N) is 1. The normalized spacial score (nSPS) is 10.6. The van der Waals surface area contributed by atoms with Crippen LogP contribution in [0.1, 0.15) is 12.5 Å². The van der Waals surface area contributed by atoms with Gasteiger partial charge in [0.15, 0.2) is 0 Å². The van der Waals surface area contributed by atoms with Crippen LogP contribution in [0.25, 0.3) is 0 Å². The highest BCUT2D eigenvalue weighted by molar-refractivity contribution is 5.84. The predicted molar refractivity (Wildman–Crippen MR) is 75.2 cm³/mol. The molecule has 98 valence electrons. The maximum Gasteiger partial charge on any atom is 0.131 e. The molecule has 0 spiro atoms. The third kappa shape index (κ3) is 3.81. The van der Waals surface area contributed by atoms with Crippen molar-refractivity contribution in [2.75, 3.05) is 12.0 Å². The number of rotatable bonds is 5. The van der Waals surface area contributed by atoms with Gasteiger partial charge in [0, 0.05) is 11.6 Å². The molecule has 0 saturated carbocycles. The SMILES string of the molecule is CCOc1cc(F)ccc1C=NNc1ccccc1. The lowest BCUT2D eigenvalue weighted by Crippen LogP contribution is -1.98. The lowest BCUT2D eigenvalue weighted by molar-refractivity contribution is 0.338. The summed E-state index contributed by atoms with van der Waals surface area (Å²) in [6, 6.07) is 14.0. The Morgan fingerprint density at radius 2 is 2.00 bits per heavy atom. The zero-order chi connectivity index (χ0) is 13.5. The quantitative estimate of drug-likeness (QED) is 0.655. The lowest BCUT2D eigenvalue weighted by atomic mass is 10.2. The van der Waals surface area contributed by atoms with Crippen molar-refractivity contribution >= 4 is 11.9 Å². The van der Waals surface area contributed by atoms with Gasteiger partial charge in [-0.25, -0.2) is 4.39 Å². The topological polar surface area (TPSA) is 33.6 Å². The van der Waals surface area contributed by atoms with Gasteiger partial charge >= 0.3 is 0 Å². The van der Waals surface area contributed by atoms with E-state index in [4.69, 9.17) is 4.74 Å². The van der Waals surface area contributed by atoms with Gasteiger partial charge in [-0.15, -0.1) is 0 Å². The summed E-state index contributed by atoms with van der Waals surface area (Å²) < 4.78 is 18.5. The van der Waals surface area contributed by atoms with E-state index < -0.39 is 0 Å². The molecule has 2 rings (SSSR count). The summed E-state index contributed by atoms with van der Waals surface area (Å²) in [6.07, 6.45) is 1.61. The molecule has 0 amide bonds. The fourth-order valence-electron chi connectivity index (χ4n) is 1.58. The van der Waals surface area contributed by atoms with Crippen molar-refractivity contribution in [3.8, 4) is 5.75 Å². The Morgan fingerprint density at radius 3 is 2.74 bits per heavy atom. The highest BCUT2D eigenvalue weighted by Gasteiger charge is 2.02. The standard InChI is InChI=1S/C15H15FN2O/c1-2-19-15-10-13(16)9-8-12(15)11-17-18-14-6-4-3-5-7-14/h3-11,18H,2H2,1H3. The zero-order valence-corrected chi connectivity index (χ0v) is 10.6. The molecule has 0 aliphatic carbocycles. The molecule has 0 atom stereocenters. The number of para-hydroxylation sites is 1. The molecule has 0 bridgehead atoms. The molecule has 3 nitrogen and oxygen atoms in total. The fraction of sp³-hybridized carbons (Fsp3) is 0.133. The number of benzene rings is 2. The third-order valence-electron chi connectivity index (χ3n) is 2.45. The van der Waals surface area contributed by atoms with Gasteiger partial charge in [0.25, 0.3) is 0 Å². The van der Waals surface area contributed by atoms with Crippen molar-refractivity contribution in [3.63, 3.8) is 0 Å². The molecule has 2 aromatic rings. The molecular formula is C15H15FN2O. The van der Waals surface area contributed by atoms with Gasteiger partial charge in [-0.1, -0.05) is 18.2 Å². The summed E-state index contributed by atoms with van der Waals surface area (Å²) in [4.78, 5) is 0. The van der Waals surface area contributed by atoms with Crippen LogP contribution in [0, 0.1) is 5.82 Å². The molecule has 0 saturated heterocycles. The second kappa shape index (κ2) is 6.54. The first-order valence-electron chi connectivity index (χ1n) is 6.06. The van der Waals surface area contributed by atoms with Crippen molar-refractivity contribution in [2.24, 2.45) is 5.10 Å². The van der Waals surface area contributed by atoms with Crippen molar-refractivity contribution in [3.05, 3.63) is 59.9 Å². The van der Waals surface area contributed by atoms with E-state index in [1.807, 2.05) is 37.3 Å². The first-order chi connectivity index (χ1) is 9.29. The molecule has 0 aromatic heterocycles. The average Bonchev–Trinajstić information content (AvgIpc) is 2.43. The summed E-state index contributed by atoms with van der Waals surface area (Å²) in [6.45, 7) is 2.34. The average molecular weight is 258 g/mol. The highest BCUT2D eigenvalue weighted by Crippen LogP contribution is 2.18. The van der Waals surface area contributed by atoms with Crippen molar-refractivity contribution in [2.45, 2.75) is 6.92 Å². The van der Waals surface area contributed by atoms with E-state index in [1.165, 1.54) is 12.1 Å². The van der Waals surface area contributed by atoms with Crippen LogP contribution in [0.5, 0.6) is 5.75 Å². The van der Waals surface area contributed by atoms with Crippen LogP contribution in [0.3, 0.4) is 0 Å². The Morgan fingerprint density at radius 1 is 1.21 bits per heavy atom. The summed E-state index contributed by atoms with van der Waals surface area (Å²) in [5, 5.41) is 4.11. The first kappa shape index (κ1) is 13.1. The number of halogens is 1. The van der Waals surface area contributed by atoms with E-state index in [9.17, 15) is 4.39 Å². The number of anilines is 1. The summed E-state index contributed by atoms with van der Waals surface area (Å²) >= 11 is 0. The molecule has 0 aliphatic rings. The van der Waals surface area contributed by atoms with E-state index >= 15 is 0 Å². The number of hydrogen-bond acceptors (Lipinski definition) is 3. The van der Waals surface area contributed by atoms with Gasteiger partial charge in [-0.3, -0.25) is 5.43 Å². The Labute approximate surface area is 111 Å². The Bertz CT molecular complexity index is 555. The van der Waals surface area contributed by atoms with Crippen LogP contribution in [0.15, 0.2) is 53.6 Å². The monoisotopic (exact) mass is 258 g/mol. The molecule has 0 heterocycles. The molecule has 0 radical (unpaired) electrons. The summed E-state index contributed by atoms with van der Waals surface area (Å²) in [5.41, 5.74) is 4.51. The molecular weight excluding hydrogens is 243 g/mol. The number of ether oxygens (including phenoxy) is 1.